The molecule has 0 aromatic heterocycles. The van der Waals surface area contributed by atoms with Crippen LogP contribution in [0.15, 0.2) is 115 Å². The molecule has 0 N–H and O–H groups in total. The highest BCUT2D eigenvalue weighted by molar-refractivity contribution is 5.32. The van der Waals surface area contributed by atoms with E-state index in [1.807, 2.05) is 6.07 Å². The summed E-state index contributed by atoms with van der Waals surface area (Å²) in [5, 5.41) is 0. The zero-order valence-corrected chi connectivity index (χ0v) is 21.0. The largest absolute Gasteiger partial charge is 0.489 e. The third kappa shape index (κ3) is 7.56. The number of rotatable bonds is 12. The van der Waals surface area contributed by atoms with Gasteiger partial charge in [0.15, 0.2) is 0 Å². The normalized spacial score (nSPS) is 12.9. The van der Waals surface area contributed by atoms with Crippen LogP contribution in [0.4, 0.5) is 0 Å². The second kappa shape index (κ2) is 12.9. The maximum atomic E-state index is 6.14. The molecule has 180 valence electrons. The van der Waals surface area contributed by atoms with E-state index >= 15 is 0 Å². The van der Waals surface area contributed by atoms with E-state index in [0.29, 0.717) is 18.4 Å². The van der Waals surface area contributed by atoms with Crippen molar-refractivity contribution in [2.24, 2.45) is 5.92 Å². The topological polar surface area (TPSA) is 12.5 Å². The summed E-state index contributed by atoms with van der Waals surface area (Å²) in [6, 6.07) is 40.7. The Labute approximate surface area is 211 Å². The van der Waals surface area contributed by atoms with Crippen LogP contribution in [0.1, 0.15) is 48.4 Å². The Morgan fingerprint density at radius 1 is 0.657 bits per heavy atom. The molecule has 0 bridgehead atoms. The summed E-state index contributed by atoms with van der Waals surface area (Å²) in [4.78, 5) is 2.59. The minimum Gasteiger partial charge on any atom is -0.489 e. The van der Waals surface area contributed by atoms with Crippen LogP contribution in [0.25, 0.3) is 0 Å². The van der Waals surface area contributed by atoms with Crippen molar-refractivity contribution >= 4 is 0 Å². The fraction of sp³-hybridized carbons (Fsp3) is 0.273. The van der Waals surface area contributed by atoms with E-state index < -0.39 is 0 Å². The Morgan fingerprint density at radius 3 is 1.74 bits per heavy atom. The van der Waals surface area contributed by atoms with E-state index in [1.54, 1.807) is 0 Å². The molecule has 2 unspecified atom stereocenters. The van der Waals surface area contributed by atoms with Gasteiger partial charge in [0.25, 0.3) is 0 Å². The third-order valence-corrected chi connectivity index (χ3v) is 6.71. The summed E-state index contributed by atoms with van der Waals surface area (Å²) in [5.41, 5.74) is 5.28. The Balaban J connectivity index is 1.46. The van der Waals surface area contributed by atoms with E-state index in [0.717, 1.165) is 31.8 Å². The first-order valence-corrected chi connectivity index (χ1v) is 12.8. The monoisotopic (exact) mass is 463 g/mol. The van der Waals surface area contributed by atoms with Gasteiger partial charge >= 0.3 is 0 Å². The van der Waals surface area contributed by atoms with Crippen LogP contribution in [-0.2, 0) is 19.7 Å². The molecule has 2 nitrogen and oxygen atoms in total. The highest BCUT2D eigenvalue weighted by Gasteiger charge is 2.21. The molecule has 0 spiro atoms. The van der Waals surface area contributed by atoms with Gasteiger partial charge in [-0.05, 0) is 52.6 Å². The van der Waals surface area contributed by atoms with Crippen molar-refractivity contribution in [2.45, 2.75) is 45.9 Å². The Kier molecular flexibility index (Phi) is 9.14. The summed E-state index contributed by atoms with van der Waals surface area (Å²) < 4.78 is 6.14. The smallest absolute Gasteiger partial charge is 0.120 e. The average Bonchev–Trinajstić information content (AvgIpc) is 2.90. The van der Waals surface area contributed by atoms with Crippen LogP contribution in [0.2, 0.25) is 0 Å². The van der Waals surface area contributed by atoms with Gasteiger partial charge in [-0.2, -0.15) is 0 Å². The van der Waals surface area contributed by atoms with Crippen molar-refractivity contribution in [2.75, 3.05) is 6.54 Å². The average molecular weight is 464 g/mol. The molecular formula is C33H37NO. The minimum absolute atomic E-state index is 0.476. The highest BCUT2D eigenvalue weighted by Crippen LogP contribution is 2.31. The number of hydrogen-bond donors (Lipinski definition) is 0. The van der Waals surface area contributed by atoms with Crippen molar-refractivity contribution in [1.29, 1.82) is 0 Å². The van der Waals surface area contributed by atoms with Crippen LogP contribution >= 0.6 is 0 Å². The minimum atomic E-state index is 0.476. The van der Waals surface area contributed by atoms with E-state index in [1.165, 1.54) is 22.3 Å². The Hall–Kier alpha value is -3.36. The number of benzene rings is 4. The summed E-state index contributed by atoms with van der Waals surface area (Å²) >= 11 is 0. The molecular weight excluding hydrogens is 426 g/mol. The highest BCUT2D eigenvalue weighted by atomic mass is 16.5. The van der Waals surface area contributed by atoms with Crippen LogP contribution in [-0.4, -0.2) is 11.4 Å². The van der Waals surface area contributed by atoms with Gasteiger partial charge in [-0.1, -0.05) is 117 Å². The van der Waals surface area contributed by atoms with Crippen molar-refractivity contribution in [3.05, 3.63) is 138 Å². The Morgan fingerprint density at radius 2 is 1.20 bits per heavy atom. The van der Waals surface area contributed by atoms with Gasteiger partial charge in [0, 0.05) is 19.6 Å². The molecule has 0 saturated heterocycles. The lowest BCUT2D eigenvalue weighted by Crippen LogP contribution is -2.30. The SMILES string of the molecule is CCC(c1cccc(OCc2ccccc2)c1)C(C)CN(Cc1ccccc1)Cc1ccccc1. The lowest BCUT2D eigenvalue weighted by Gasteiger charge is -2.31. The van der Waals surface area contributed by atoms with E-state index in [4.69, 9.17) is 4.74 Å². The second-order valence-electron chi connectivity index (χ2n) is 9.48. The fourth-order valence-corrected chi connectivity index (χ4v) is 4.95. The molecule has 35 heavy (non-hydrogen) atoms. The zero-order chi connectivity index (χ0) is 24.3. The molecule has 0 amide bonds. The molecule has 0 aliphatic carbocycles. The standard InChI is InChI=1S/C33H37NO/c1-3-33(31-20-13-21-32(22-31)35-26-30-18-11-6-12-19-30)27(2)23-34(24-28-14-7-4-8-15-28)25-29-16-9-5-10-17-29/h4-22,27,33H,3,23-26H2,1-2H3. The molecule has 0 aliphatic rings. The molecule has 4 aromatic rings. The van der Waals surface area contributed by atoms with Gasteiger partial charge < -0.3 is 4.74 Å². The quantitative estimate of drug-likeness (QED) is 0.210. The summed E-state index contributed by atoms with van der Waals surface area (Å²) in [5.74, 6) is 1.93. The molecule has 0 fully saturated rings. The van der Waals surface area contributed by atoms with E-state index in [9.17, 15) is 0 Å². The zero-order valence-electron chi connectivity index (χ0n) is 21.0. The van der Waals surface area contributed by atoms with Crippen LogP contribution in [0.5, 0.6) is 5.75 Å². The molecule has 0 heterocycles. The molecule has 0 radical (unpaired) electrons. The van der Waals surface area contributed by atoms with Gasteiger partial charge in [-0.3, -0.25) is 4.90 Å². The second-order valence-corrected chi connectivity index (χ2v) is 9.48. The van der Waals surface area contributed by atoms with Gasteiger partial charge in [0.1, 0.15) is 12.4 Å². The number of ether oxygens (including phenoxy) is 1. The molecule has 0 aliphatic heterocycles. The third-order valence-electron chi connectivity index (χ3n) is 6.71. The number of nitrogens with zero attached hydrogens (tertiary/aromatic N) is 1. The van der Waals surface area contributed by atoms with Crippen LogP contribution in [0, 0.1) is 5.92 Å². The molecule has 4 rings (SSSR count). The van der Waals surface area contributed by atoms with Crippen LogP contribution in [0.3, 0.4) is 0 Å². The molecule has 2 heteroatoms. The number of hydrogen-bond acceptors (Lipinski definition) is 2. The lowest BCUT2D eigenvalue weighted by molar-refractivity contribution is 0.204. The van der Waals surface area contributed by atoms with Gasteiger partial charge in [0.05, 0.1) is 0 Å². The Bertz CT molecular complexity index is 1090. The summed E-state index contributed by atoms with van der Waals surface area (Å²) in [6.07, 6.45) is 1.10. The van der Waals surface area contributed by atoms with E-state index in [2.05, 4.69) is 128 Å². The van der Waals surface area contributed by atoms with Crippen molar-refractivity contribution in [3.63, 3.8) is 0 Å². The predicted octanol–water partition coefficient (Wildman–Crippen LogP) is 8.10. The first kappa shape index (κ1) is 24.8. The van der Waals surface area contributed by atoms with Crippen molar-refractivity contribution < 1.29 is 4.74 Å². The fourth-order valence-electron chi connectivity index (χ4n) is 4.95. The van der Waals surface area contributed by atoms with Crippen molar-refractivity contribution in [3.8, 4) is 5.75 Å². The first-order valence-electron chi connectivity index (χ1n) is 12.8. The molecule has 4 aromatic carbocycles. The van der Waals surface area contributed by atoms with Gasteiger partial charge in [0.2, 0.25) is 0 Å². The maximum absolute atomic E-state index is 6.14. The first-order chi connectivity index (χ1) is 17.2. The maximum Gasteiger partial charge on any atom is 0.120 e. The molecule has 2 atom stereocenters. The van der Waals surface area contributed by atoms with Gasteiger partial charge in [-0.15, -0.1) is 0 Å². The van der Waals surface area contributed by atoms with Crippen molar-refractivity contribution in [1.82, 2.24) is 4.90 Å². The summed E-state index contributed by atoms with van der Waals surface area (Å²) in [7, 11) is 0. The van der Waals surface area contributed by atoms with Gasteiger partial charge in [-0.25, -0.2) is 0 Å². The predicted molar refractivity (Wildman–Crippen MR) is 146 cm³/mol. The van der Waals surface area contributed by atoms with E-state index in [-0.39, 0.29) is 0 Å². The summed E-state index contributed by atoms with van der Waals surface area (Å²) in [6.45, 7) is 8.25. The molecule has 0 saturated carbocycles. The van der Waals surface area contributed by atoms with Crippen LogP contribution < -0.4 is 4.74 Å². The lowest BCUT2D eigenvalue weighted by atomic mass is 9.84.